The molecule has 0 spiro atoms. The highest BCUT2D eigenvalue weighted by Crippen LogP contribution is 2.24. The number of hydrogen-bond acceptors (Lipinski definition) is 1. The predicted molar refractivity (Wildman–Crippen MR) is 70.3 cm³/mol. The SMILES string of the molecule is C[Si](C)(C)CCSC#CC1CCCC1. The van der Waals surface area contributed by atoms with E-state index in [9.17, 15) is 0 Å². The van der Waals surface area contributed by atoms with Crippen molar-refractivity contribution in [2.45, 2.75) is 51.4 Å². The fourth-order valence-electron chi connectivity index (χ4n) is 1.60. The normalized spacial score (nSPS) is 17.9. The largest absolute Gasteiger partial charge is 0.0879 e. The van der Waals surface area contributed by atoms with E-state index in [2.05, 4.69) is 30.8 Å². The number of rotatable bonds is 3. The average molecular weight is 226 g/mol. The van der Waals surface area contributed by atoms with Crippen LogP contribution in [0.2, 0.25) is 25.7 Å². The molecule has 0 nitrogen and oxygen atoms in total. The topological polar surface area (TPSA) is 0 Å². The summed E-state index contributed by atoms with van der Waals surface area (Å²) in [5, 5.41) is 3.29. The molecular formula is C12H22SSi. The maximum Gasteiger partial charge on any atom is 0.0451 e. The second kappa shape index (κ2) is 5.88. The van der Waals surface area contributed by atoms with Crippen molar-refractivity contribution >= 4 is 19.8 Å². The van der Waals surface area contributed by atoms with E-state index < -0.39 is 8.07 Å². The summed E-state index contributed by atoms with van der Waals surface area (Å²) in [6.07, 6.45) is 5.50. The van der Waals surface area contributed by atoms with Gasteiger partial charge in [0.05, 0.1) is 0 Å². The lowest BCUT2D eigenvalue weighted by molar-refractivity contribution is 0.712. The first kappa shape index (κ1) is 12.2. The highest BCUT2D eigenvalue weighted by atomic mass is 32.2. The van der Waals surface area contributed by atoms with Crippen molar-refractivity contribution in [1.29, 1.82) is 0 Å². The van der Waals surface area contributed by atoms with Gasteiger partial charge in [-0.1, -0.05) is 50.2 Å². The Morgan fingerprint density at radius 3 is 2.43 bits per heavy atom. The summed E-state index contributed by atoms with van der Waals surface area (Å²) < 4.78 is 0. The predicted octanol–water partition coefficient (Wildman–Crippen LogP) is 4.21. The zero-order valence-electron chi connectivity index (χ0n) is 9.73. The molecule has 0 amide bonds. The van der Waals surface area contributed by atoms with E-state index in [-0.39, 0.29) is 0 Å². The molecule has 0 aromatic carbocycles. The zero-order valence-corrected chi connectivity index (χ0v) is 11.5. The van der Waals surface area contributed by atoms with Gasteiger partial charge in [0, 0.05) is 19.7 Å². The van der Waals surface area contributed by atoms with Crippen LogP contribution < -0.4 is 0 Å². The summed E-state index contributed by atoms with van der Waals surface area (Å²) in [5.74, 6) is 5.37. The Balaban J connectivity index is 2.08. The molecule has 0 aromatic rings. The minimum Gasteiger partial charge on any atom is -0.0879 e. The Hall–Kier alpha value is 0.127. The molecule has 1 aliphatic carbocycles. The minimum atomic E-state index is -0.827. The molecule has 1 saturated carbocycles. The van der Waals surface area contributed by atoms with Crippen molar-refractivity contribution in [3.05, 3.63) is 0 Å². The van der Waals surface area contributed by atoms with Gasteiger partial charge in [-0.05, 0) is 24.1 Å². The summed E-state index contributed by atoms with van der Waals surface area (Å²) in [6.45, 7) is 7.29. The highest BCUT2D eigenvalue weighted by Gasteiger charge is 2.12. The van der Waals surface area contributed by atoms with Crippen molar-refractivity contribution < 1.29 is 0 Å². The van der Waals surface area contributed by atoms with Gasteiger partial charge in [-0.2, -0.15) is 0 Å². The molecule has 1 rings (SSSR count). The molecule has 0 radical (unpaired) electrons. The average Bonchev–Trinajstić information content (AvgIpc) is 2.54. The van der Waals surface area contributed by atoms with Crippen LogP contribution in [0.5, 0.6) is 0 Å². The fourth-order valence-corrected chi connectivity index (χ4v) is 4.81. The Bertz CT molecular complexity index is 213. The van der Waals surface area contributed by atoms with Gasteiger partial charge in [0.15, 0.2) is 0 Å². The third kappa shape index (κ3) is 5.77. The third-order valence-corrected chi connectivity index (χ3v) is 5.43. The standard InChI is InChI=1S/C12H22SSi/c1-14(2,3)11-10-13-9-8-12-6-4-5-7-12/h12H,4-7,10-11H2,1-3H3. The van der Waals surface area contributed by atoms with Gasteiger partial charge in [-0.25, -0.2) is 0 Å². The molecule has 0 heterocycles. The third-order valence-electron chi connectivity index (χ3n) is 2.64. The summed E-state index contributed by atoms with van der Waals surface area (Å²) in [7, 11) is -0.827. The molecule has 0 N–H and O–H groups in total. The van der Waals surface area contributed by atoms with Gasteiger partial charge in [0.25, 0.3) is 0 Å². The lowest BCUT2D eigenvalue weighted by Gasteiger charge is -2.13. The molecule has 0 unspecified atom stereocenters. The van der Waals surface area contributed by atoms with Crippen LogP contribution in [0.25, 0.3) is 0 Å². The molecular weight excluding hydrogens is 204 g/mol. The second-order valence-corrected chi connectivity index (χ2v) is 11.9. The van der Waals surface area contributed by atoms with Gasteiger partial charge < -0.3 is 0 Å². The van der Waals surface area contributed by atoms with Gasteiger partial charge in [-0.15, -0.1) is 0 Å². The van der Waals surface area contributed by atoms with E-state index in [4.69, 9.17) is 0 Å². The minimum absolute atomic E-state index is 0.731. The van der Waals surface area contributed by atoms with Crippen molar-refractivity contribution in [3.63, 3.8) is 0 Å². The Kier molecular flexibility index (Phi) is 5.12. The Morgan fingerprint density at radius 1 is 1.21 bits per heavy atom. The molecule has 0 aliphatic heterocycles. The smallest absolute Gasteiger partial charge is 0.0451 e. The van der Waals surface area contributed by atoms with Gasteiger partial charge in [-0.3, -0.25) is 0 Å². The molecule has 0 aromatic heterocycles. The van der Waals surface area contributed by atoms with Crippen LogP contribution in [-0.4, -0.2) is 13.8 Å². The van der Waals surface area contributed by atoms with Crippen molar-refractivity contribution in [3.8, 4) is 11.2 Å². The van der Waals surface area contributed by atoms with E-state index >= 15 is 0 Å². The lowest BCUT2D eigenvalue weighted by Crippen LogP contribution is -2.19. The molecule has 0 bridgehead atoms. The van der Waals surface area contributed by atoms with Crippen LogP contribution in [0.1, 0.15) is 25.7 Å². The van der Waals surface area contributed by atoms with E-state index in [1.165, 1.54) is 37.5 Å². The summed E-state index contributed by atoms with van der Waals surface area (Å²) in [5.41, 5.74) is 0. The maximum atomic E-state index is 3.40. The van der Waals surface area contributed by atoms with Crippen LogP contribution in [0.4, 0.5) is 0 Å². The maximum absolute atomic E-state index is 3.40. The number of thioether (sulfide) groups is 1. The molecule has 2 heteroatoms. The Labute approximate surface area is 94.3 Å². The van der Waals surface area contributed by atoms with Gasteiger partial charge in [0.2, 0.25) is 0 Å². The van der Waals surface area contributed by atoms with Gasteiger partial charge in [0.1, 0.15) is 0 Å². The van der Waals surface area contributed by atoms with Gasteiger partial charge >= 0.3 is 0 Å². The monoisotopic (exact) mass is 226 g/mol. The highest BCUT2D eigenvalue weighted by molar-refractivity contribution is 8.03. The summed E-state index contributed by atoms with van der Waals surface area (Å²) in [4.78, 5) is 0. The van der Waals surface area contributed by atoms with E-state index in [1.54, 1.807) is 0 Å². The summed E-state index contributed by atoms with van der Waals surface area (Å²) in [6, 6.07) is 1.40. The molecule has 0 saturated heterocycles. The van der Waals surface area contributed by atoms with Crippen LogP contribution in [0, 0.1) is 17.1 Å². The number of hydrogen-bond donors (Lipinski definition) is 0. The Morgan fingerprint density at radius 2 is 1.86 bits per heavy atom. The summed E-state index contributed by atoms with van der Waals surface area (Å²) >= 11 is 1.84. The molecule has 1 aliphatic rings. The van der Waals surface area contributed by atoms with Crippen molar-refractivity contribution in [1.82, 2.24) is 0 Å². The van der Waals surface area contributed by atoms with Crippen molar-refractivity contribution in [2.75, 3.05) is 5.75 Å². The van der Waals surface area contributed by atoms with Crippen LogP contribution in [0.3, 0.4) is 0 Å². The first-order valence-corrected chi connectivity index (χ1v) is 10.4. The molecule has 14 heavy (non-hydrogen) atoms. The first-order valence-electron chi connectivity index (χ1n) is 5.70. The van der Waals surface area contributed by atoms with E-state index in [1.807, 2.05) is 11.8 Å². The van der Waals surface area contributed by atoms with Crippen LogP contribution in [0.15, 0.2) is 0 Å². The van der Waals surface area contributed by atoms with E-state index in [0.717, 1.165) is 5.92 Å². The molecule has 1 fully saturated rings. The van der Waals surface area contributed by atoms with Crippen LogP contribution in [-0.2, 0) is 0 Å². The molecule has 0 atom stereocenters. The van der Waals surface area contributed by atoms with Crippen LogP contribution >= 0.6 is 11.8 Å². The fraction of sp³-hybridized carbons (Fsp3) is 0.833. The second-order valence-electron chi connectivity index (χ2n) is 5.39. The van der Waals surface area contributed by atoms with E-state index in [0.29, 0.717) is 0 Å². The lowest BCUT2D eigenvalue weighted by atomic mass is 10.1. The zero-order chi connectivity index (χ0) is 10.4. The first-order chi connectivity index (χ1) is 6.58. The van der Waals surface area contributed by atoms with Crippen molar-refractivity contribution in [2.24, 2.45) is 5.92 Å². The molecule has 80 valence electrons. The quantitative estimate of drug-likeness (QED) is 0.395.